The predicted molar refractivity (Wildman–Crippen MR) is 74.5 cm³/mol. The van der Waals surface area contributed by atoms with Gasteiger partial charge in [0, 0.05) is 17.1 Å². The molecule has 1 atom stereocenters. The second-order valence-electron chi connectivity index (χ2n) is 4.92. The summed E-state index contributed by atoms with van der Waals surface area (Å²) in [6.07, 6.45) is 0.806. The van der Waals surface area contributed by atoms with Crippen molar-refractivity contribution in [2.75, 3.05) is 0 Å². The molecule has 104 valence electrons. The van der Waals surface area contributed by atoms with E-state index in [9.17, 15) is 14.9 Å². The molecular weight excluding hydrogens is 268 g/mol. The standard InChI is InChI=1S/C13H17ClN2O3/c1-8(2)6-9(3)15-13(17)11-7-10(14)4-5-12(11)16(18)19/h4-5,7-9H,6H2,1-3H3,(H,15,17). The van der Waals surface area contributed by atoms with E-state index in [0.717, 1.165) is 6.42 Å². The molecule has 1 unspecified atom stereocenters. The van der Waals surface area contributed by atoms with Gasteiger partial charge in [-0.3, -0.25) is 14.9 Å². The summed E-state index contributed by atoms with van der Waals surface area (Å²) in [6, 6.07) is 3.90. The van der Waals surface area contributed by atoms with E-state index in [-0.39, 0.29) is 17.3 Å². The van der Waals surface area contributed by atoms with Gasteiger partial charge < -0.3 is 5.32 Å². The number of hydrogen-bond acceptors (Lipinski definition) is 3. The molecule has 1 N–H and O–H groups in total. The number of carbonyl (C=O) groups excluding carboxylic acids is 1. The molecule has 0 fully saturated rings. The maximum Gasteiger partial charge on any atom is 0.282 e. The maximum absolute atomic E-state index is 12.0. The van der Waals surface area contributed by atoms with Crippen molar-refractivity contribution < 1.29 is 9.72 Å². The van der Waals surface area contributed by atoms with Gasteiger partial charge in [-0.05, 0) is 31.4 Å². The van der Waals surface area contributed by atoms with E-state index in [2.05, 4.69) is 5.32 Å². The Balaban J connectivity index is 2.92. The molecule has 6 heteroatoms. The van der Waals surface area contributed by atoms with E-state index in [4.69, 9.17) is 11.6 Å². The van der Waals surface area contributed by atoms with E-state index in [1.165, 1.54) is 18.2 Å². The average Bonchev–Trinajstić information content (AvgIpc) is 2.26. The summed E-state index contributed by atoms with van der Waals surface area (Å²) in [4.78, 5) is 22.3. The Morgan fingerprint density at radius 3 is 2.58 bits per heavy atom. The van der Waals surface area contributed by atoms with Gasteiger partial charge in [0.25, 0.3) is 11.6 Å². The van der Waals surface area contributed by atoms with Crippen molar-refractivity contribution in [3.63, 3.8) is 0 Å². The molecule has 0 spiro atoms. The molecule has 0 saturated carbocycles. The van der Waals surface area contributed by atoms with Crippen molar-refractivity contribution in [1.82, 2.24) is 5.32 Å². The van der Waals surface area contributed by atoms with Crippen LogP contribution in [0, 0.1) is 16.0 Å². The molecule has 19 heavy (non-hydrogen) atoms. The summed E-state index contributed by atoms with van der Waals surface area (Å²) in [5.41, 5.74) is -0.244. The third kappa shape index (κ3) is 4.52. The van der Waals surface area contributed by atoms with Crippen molar-refractivity contribution in [2.45, 2.75) is 33.2 Å². The number of nitrogens with one attached hydrogen (secondary N) is 1. The molecule has 0 aliphatic rings. The lowest BCUT2D eigenvalue weighted by Crippen LogP contribution is -2.33. The second kappa shape index (κ2) is 6.52. The van der Waals surface area contributed by atoms with Crippen molar-refractivity contribution >= 4 is 23.2 Å². The first-order chi connectivity index (χ1) is 8.81. The Morgan fingerprint density at radius 2 is 2.05 bits per heavy atom. The van der Waals surface area contributed by atoms with Crippen LogP contribution in [0.1, 0.15) is 37.6 Å². The zero-order valence-electron chi connectivity index (χ0n) is 11.1. The summed E-state index contributed by atoms with van der Waals surface area (Å²) in [5.74, 6) is -0.0352. The molecule has 5 nitrogen and oxygen atoms in total. The van der Waals surface area contributed by atoms with Crippen LogP contribution in [0.4, 0.5) is 5.69 Å². The Labute approximate surface area is 117 Å². The predicted octanol–water partition coefficient (Wildman–Crippen LogP) is 3.41. The molecule has 1 aromatic carbocycles. The fraction of sp³-hybridized carbons (Fsp3) is 0.462. The van der Waals surface area contributed by atoms with Crippen molar-refractivity contribution in [2.24, 2.45) is 5.92 Å². The zero-order valence-corrected chi connectivity index (χ0v) is 11.9. The first-order valence-electron chi connectivity index (χ1n) is 6.06. The summed E-state index contributed by atoms with van der Waals surface area (Å²) < 4.78 is 0. The molecule has 0 saturated heterocycles. The minimum atomic E-state index is -0.585. The summed E-state index contributed by atoms with van der Waals surface area (Å²) in [6.45, 7) is 5.96. The van der Waals surface area contributed by atoms with Crippen LogP contribution in [-0.4, -0.2) is 16.9 Å². The molecular formula is C13H17ClN2O3. The van der Waals surface area contributed by atoms with E-state index in [1.807, 2.05) is 20.8 Å². The van der Waals surface area contributed by atoms with E-state index in [1.54, 1.807) is 0 Å². The van der Waals surface area contributed by atoms with Crippen molar-refractivity contribution in [1.29, 1.82) is 0 Å². The monoisotopic (exact) mass is 284 g/mol. The van der Waals surface area contributed by atoms with E-state index < -0.39 is 10.8 Å². The summed E-state index contributed by atoms with van der Waals surface area (Å²) in [5, 5.41) is 13.9. The molecule has 0 aromatic heterocycles. The highest BCUT2D eigenvalue weighted by molar-refractivity contribution is 6.31. The lowest BCUT2D eigenvalue weighted by atomic mass is 10.0. The van der Waals surface area contributed by atoms with Crippen LogP contribution in [-0.2, 0) is 0 Å². The molecule has 0 aliphatic carbocycles. The fourth-order valence-corrected chi connectivity index (χ4v) is 2.09. The number of hydrogen-bond donors (Lipinski definition) is 1. The normalized spacial score (nSPS) is 12.3. The first-order valence-corrected chi connectivity index (χ1v) is 6.44. The number of rotatable bonds is 5. The van der Waals surface area contributed by atoms with Gasteiger partial charge >= 0.3 is 0 Å². The molecule has 1 amide bonds. The Morgan fingerprint density at radius 1 is 1.42 bits per heavy atom. The minimum Gasteiger partial charge on any atom is -0.349 e. The number of nitro groups is 1. The summed E-state index contributed by atoms with van der Waals surface area (Å²) in [7, 11) is 0. The van der Waals surface area contributed by atoms with Gasteiger partial charge in [-0.2, -0.15) is 0 Å². The van der Waals surface area contributed by atoms with Gasteiger partial charge in [0.2, 0.25) is 0 Å². The largest absolute Gasteiger partial charge is 0.349 e. The number of benzene rings is 1. The van der Waals surface area contributed by atoms with E-state index >= 15 is 0 Å². The topological polar surface area (TPSA) is 72.2 Å². The van der Waals surface area contributed by atoms with Gasteiger partial charge in [0.1, 0.15) is 5.56 Å². The quantitative estimate of drug-likeness (QED) is 0.665. The number of amides is 1. The maximum atomic E-state index is 12.0. The molecule has 1 aromatic rings. The van der Waals surface area contributed by atoms with Crippen LogP contribution >= 0.6 is 11.6 Å². The molecule has 1 rings (SSSR count). The van der Waals surface area contributed by atoms with Crippen LogP contribution in [0.5, 0.6) is 0 Å². The van der Waals surface area contributed by atoms with Gasteiger partial charge in [0.05, 0.1) is 4.92 Å². The minimum absolute atomic E-state index is 0.00638. The van der Waals surface area contributed by atoms with Crippen LogP contribution in [0.3, 0.4) is 0 Å². The average molecular weight is 285 g/mol. The fourth-order valence-electron chi connectivity index (χ4n) is 1.92. The first kappa shape index (κ1) is 15.4. The number of halogens is 1. The van der Waals surface area contributed by atoms with Crippen molar-refractivity contribution in [3.8, 4) is 0 Å². The highest BCUT2D eigenvalue weighted by Crippen LogP contribution is 2.22. The van der Waals surface area contributed by atoms with Gasteiger partial charge in [-0.1, -0.05) is 25.4 Å². The lowest BCUT2D eigenvalue weighted by molar-refractivity contribution is -0.385. The molecule has 0 radical (unpaired) electrons. The molecule has 0 aliphatic heterocycles. The third-order valence-electron chi connectivity index (χ3n) is 2.60. The zero-order chi connectivity index (χ0) is 14.6. The number of nitrogens with zero attached hydrogens (tertiary/aromatic N) is 1. The SMILES string of the molecule is CC(C)CC(C)NC(=O)c1cc(Cl)ccc1[N+](=O)[O-]. The Hall–Kier alpha value is -1.62. The number of carbonyl (C=O) groups is 1. The Bertz CT molecular complexity index is 489. The van der Waals surface area contributed by atoms with Crippen molar-refractivity contribution in [3.05, 3.63) is 38.9 Å². The lowest BCUT2D eigenvalue weighted by Gasteiger charge is -2.16. The highest BCUT2D eigenvalue weighted by Gasteiger charge is 2.21. The van der Waals surface area contributed by atoms with Crippen LogP contribution in [0.25, 0.3) is 0 Å². The molecule has 0 bridgehead atoms. The van der Waals surface area contributed by atoms with E-state index in [0.29, 0.717) is 10.9 Å². The highest BCUT2D eigenvalue weighted by atomic mass is 35.5. The smallest absolute Gasteiger partial charge is 0.282 e. The van der Waals surface area contributed by atoms with Gasteiger partial charge in [0.15, 0.2) is 0 Å². The second-order valence-corrected chi connectivity index (χ2v) is 5.36. The molecule has 0 heterocycles. The Kier molecular flexibility index (Phi) is 5.30. The summed E-state index contributed by atoms with van der Waals surface area (Å²) >= 11 is 5.78. The third-order valence-corrected chi connectivity index (χ3v) is 2.84. The van der Waals surface area contributed by atoms with Crippen LogP contribution in [0.15, 0.2) is 18.2 Å². The van der Waals surface area contributed by atoms with Gasteiger partial charge in [-0.15, -0.1) is 0 Å². The number of nitro benzene ring substituents is 1. The van der Waals surface area contributed by atoms with Crippen LogP contribution < -0.4 is 5.32 Å². The van der Waals surface area contributed by atoms with Crippen LogP contribution in [0.2, 0.25) is 5.02 Å². The van der Waals surface area contributed by atoms with Gasteiger partial charge in [-0.25, -0.2) is 0 Å².